The van der Waals surface area contributed by atoms with E-state index in [4.69, 9.17) is 28.9 Å². The zero-order chi connectivity index (χ0) is 20.7. The molecule has 5 N–H and O–H groups in total. The minimum absolute atomic E-state index is 0. The number of benzene rings is 2. The van der Waals surface area contributed by atoms with Gasteiger partial charge in [-0.2, -0.15) is 10.2 Å². The monoisotopic (exact) mass is 457 g/mol. The first-order valence-electron chi connectivity index (χ1n) is 8.56. The Kier molecular flexibility index (Phi) is 9.74. The van der Waals surface area contributed by atoms with Gasteiger partial charge in [0.15, 0.2) is 0 Å². The molecule has 0 aliphatic rings. The third-order valence-electron chi connectivity index (χ3n) is 3.79. The average Bonchev–Trinajstić information content (AvgIpc) is 2.65. The van der Waals surface area contributed by atoms with E-state index < -0.39 is 0 Å². The van der Waals surface area contributed by atoms with Gasteiger partial charge in [0.25, 0.3) is 0 Å². The summed E-state index contributed by atoms with van der Waals surface area (Å²) in [7, 11) is 0. The number of hydrogen-bond acceptors (Lipinski definition) is 5. The Morgan fingerprint density at radius 3 is 1.83 bits per heavy atom. The maximum absolute atomic E-state index is 10.0. The molecular weight excluding hydrogens is 437 g/mol. The lowest BCUT2D eigenvalue weighted by atomic mass is 10.1. The first kappa shape index (κ1) is 24.6. The Hall–Kier alpha value is -2.48. The topological polar surface area (TPSA) is 116 Å². The van der Waals surface area contributed by atoms with Crippen molar-refractivity contribution in [1.29, 1.82) is 0 Å². The molecule has 10 heteroatoms. The maximum Gasteiger partial charge on any atom is 0.234 e. The normalized spacial score (nSPS) is 12.5. The van der Waals surface area contributed by atoms with Crippen LogP contribution >= 0.6 is 35.6 Å². The molecule has 0 fully saturated rings. The van der Waals surface area contributed by atoms with Crippen LogP contribution in [0, 0.1) is 0 Å². The molecule has 0 spiro atoms. The number of hydrogen-bond donors (Lipinski definition) is 4. The first-order chi connectivity index (χ1) is 13.3. The van der Waals surface area contributed by atoms with Gasteiger partial charge in [-0.25, -0.2) is 5.43 Å². The van der Waals surface area contributed by atoms with E-state index in [1.165, 1.54) is 12.1 Å². The van der Waals surface area contributed by atoms with Crippen LogP contribution < -0.4 is 11.2 Å². The summed E-state index contributed by atoms with van der Waals surface area (Å²) in [4.78, 5) is 0. The van der Waals surface area contributed by atoms with Crippen LogP contribution in [0.15, 0.2) is 51.7 Å². The fourth-order valence-corrected chi connectivity index (χ4v) is 2.74. The number of nitrogens with two attached hydrogens (primary N) is 1. The third kappa shape index (κ3) is 6.81. The lowest BCUT2D eigenvalue weighted by Crippen LogP contribution is -2.28. The molecule has 2 aromatic rings. The summed E-state index contributed by atoms with van der Waals surface area (Å²) >= 11 is 11.7. The lowest BCUT2D eigenvalue weighted by molar-refractivity contribution is 0.473. The number of guanidine groups is 1. The van der Waals surface area contributed by atoms with Crippen molar-refractivity contribution >= 4 is 53.0 Å². The van der Waals surface area contributed by atoms with E-state index >= 15 is 0 Å². The summed E-state index contributed by atoms with van der Waals surface area (Å²) in [6, 6.07) is 9.53. The minimum atomic E-state index is -0.0428. The van der Waals surface area contributed by atoms with Gasteiger partial charge in [0.1, 0.15) is 11.5 Å². The second kappa shape index (κ2) is 11.5. The highest BCUT2D eigenvalue weighted by Gasteiger charge is 2.09. The number of hydrazone groups is 1. The Balaban J connectivity index is 0.00000420. The molecule has 0 aliphatic heterocycles. The number of rotatable bonds is 6. The molecule has 0 atom stereocenters. The Bertz CT molecular complexity index is 945. The van der Waals surface area contributed by atoms with Crippen LogP contribution in [0.4, 0.5) is 0 Å². The largest absolute Gasteiger partial charge is 0.507 e. The number of nitrogens with zero attached hydrogens (tertiary/aromatic N) is 3. The zero-order valence-electron chi connectivity index (χ0n) is 15.9. The Morgan fingerprint density at radius 2 is 1.38 bits per heavy atom. The average molecular weight is 459 g/mol. The molecule has 2 rings (SSSR count). The zero-order valence-corrected chi connectivity index (χ0v) is 18.2. The van der Waals surface area contributed by atoms with E-state index in [-0.39, 0.29) is 29.9 Å². The molecule has 0 saturated heterocycles. The van der Waals surface area contributed by atoms with Gasteiger partial charge in [0.2, 0.25) is 5.96 Å². The smallest absolute Gasteiger partial charge is 0.234 e. The van der Waals surface area contributed by atoms with Crippen molar-refractivity contribution in [1.82, 2.24) is 5.43 Å². The fraction of sp³-hybridized carbons (Fsp3) is 0.211. The van der Waals surface area contributed by atoms with E-state index in [0.29, 0.717) is 45.4 Å². The Labute approximate surface area is 185 Å². The number of phenols is 2. The molecule has 0 heterocycles. The summed E-state index contributed by atoms with van der Waals surface area (Å²) < 4.78 is 0. The molecule has 2 aromatic carbocycles. The van der Waals surface area contributed by atoms with Gasteiger partial charge in [-0.3, -0.25) is 0 Å². The van der Waals surface area contributed by atoms with Gasteiger partial charge in [-0.1, -0.05) is 37.0 Å². The number of nitrogens with one attached hydrogen (secondary N) is 1. The second-order valence-electron chi connectivity index (χ2n) is 5.73. The number of halogens is 3. The summed E-state index contributed by atoms with van der Waals surface area (Å²) in [5.41, 5.74) is 10.6. The fourth-order valence-electron chi connectivity index (χ4n) is 2.40. The highest BCUT2D eigenvalue weighted by atomic mass is 35.5. The van der Waals surface area contributed by atoms with Crippen LogP contribution in [0.2, 0.25) is 10.0 Å². The van der Waals surface area contributed by atoms with Crippen LogP contribution in [0.1, 0.15) is 37.8 Å². The van der Waals surface area contributed by atoms with Crippen molar-refractivity contribution in [2.45, 2.75) is 26.7 Å². The van der Waals surface area contributed by atoms with Crippen molar-refractivity contribution in [2.24, 2.45) is 21.0 Å². The molecule has 0 aromatic heterocycles. The number of aromatic hydroxyl groups is 2. The molecule has 29 heavy (non-hydrogen) atoms. The summed E-state index contributed by atoms with van der Waals surface area (Å²) in [6.45, 7) is 3.77. The summed E-state index contributed by atoms with van der Waals surface area (Å²) in [6.07, 6.45) is 1.06. The molecule has 0 aliphatic carbocycles. The third-order valence-corrected chi connectivity index (χ3v) is 4.27. The van der Waals surface area contributed by atoms with Gasteiger partial charge in [0, 0.05) is 21.2 Å². The summed E-state index contributed by atoms with van der Waals surface area (Å²) in [5.74, 6) is -0.00643. The highest BCUT2D eigenvalue weighted by Crippen LogP contribution is 2.24. The van der Waals surface area contributed by atoms with Crippen LogP contribution in [0.25, 0.3) is 0 Å². The first-order valence-corrected chi connectivity index (χ1v) is 9.31. The Morgan fingerprint density at radius 1 is 0.897 bits per heavy atom. The van der Waals surface area contributed by atoms with Crippen molar-refractivity contribution in [3.8, 4) is 11.5 Å². The van der Waals surface area contributed by atoms with E-state index in [1.54, 1.807) is 24.3 Å². The second-order valence-corrected chi connectivity index (χ2v) is 6.61. The molecule has 0 saturated carbocycles. The molecule has 7 nitrogen and oxygen atoms in total. The van der Waals surface area contributed by atoms with Crippen molar-refractivity contribution in [3.63, 3.8) is 0 Å². The highest BCUT2D eigenvalue weighted by molar-refractivity contribution is 6.31. The van der Waals surface area contributed by atoms with Crippen molar-refractivity contribution in [2.75, 3.05) is 0 Å². The van der Waals surface area contributed by atoms with Gasteiger partial charge in [-0.15, -0.1) is 17.5 Å². The molecule has 0 radical (unpaired) electrons. The quantitative estimate of drug-likeness (QED) is 0.286. The van der Waals surface area contributed by atoms with Crippen molar-refractivity contribution in [3.05, 3.63) is 57.6 Å². The minimum Gasteiger partial charge on any atom is -0.507 e. The van der Waals surface area contributed by atoms with Gasteiger partial charge in [0.05, 0.1) is 11.4 Å². The van der Waals surface area contributed by atoms with Gasteiger partial charge < -0.3 is 15.9 Å². The molecule has 0 bridgehead atoms. The predicted octanol–water partition coefficient (Wildman–Crippen LogP) is 4.66. The standard InChI is InChI=1S/C19H21Cl2N5O2.ClH/c1-3-15(13-7-5-11(20)9-17(13)27)23-25-19(22)26-24-16(4-2)14-8-6-12(21)10-18(14)28;/h5-10,27-28H,3-4H2,1-2H3,(H3,22,25,26);1H. The SMILES string of the molecule is CCC(=NN=C(N)NN=C(CC)c1ccc(Cl)cc1O)c1ccc(Cl)cc1O.Cl. The molecular formula is C19H22Cl3N5O2. The molecule has 0 amide bonds. The summed E-state index contributed by atoms with van der Waals surface area (Å²) in [5, 5.41) is 33.1. The van der Waals surface area contributed by atoms with Gasteiger partial charge in [-0.05, 0) is 49.2 Å². The molecule has 156 valence electrons. The van der Waals surface area contributed by atoms with Crippen LogP contribution in [0.3, 0.4) is 0 Å². The maximum atomic E-state index is 10.0. The lowest BCUT2D eigenvalue weighted by Gasteiger charge is -2.08. The van der Waals surface area contributed by atoms with Crippen LogP contribution in [-0.4, -0.2) is 27.6 Å². The van der Waals surface area contributed by atoms with Crippen LogP contribution in [-0.2, 0) is 0 Å². The van der Waals surface area contributed by atoms with E-state index in [2.05, 4.69) is 20.7 Å². The predicted molar refractivity (Wildman–Crippen MR) is 122 cm³/mol. The number of phenolic OH excluding ortho intramolecular Hbond substituents is 2. The van der Waals surface area contributed by atoms with E-state index in [0.717, 1.165) is 0 Å². The van der Waals surface area contributed by atoms with E-state index in [9.17, 15) is 10.2 Å². The van der Waals surface area contributed by atoms with Crippen molar-refractivity contribution < 1.29 is 10.2 Å². The molecule has 0 unspecified atom stereocenters. The van der Waals surface area contributed by atoms with E-state index in [1.807, 2.05) is 13.8 Å². The van der Waals surface area contributed by atoms with Gasteiger partial charge >= 0.3 is 0 Å². The van der Waals surface area contributed by atoms with Crippen LogP contribution in [0.5, 0.6) is 11.5 Å².